The standard InChI is InChI=1S/2C5H11N7S.H2O4S/c2*1-3(10-12-5(8)13)2-9-11-4(6)7;1-5(2,3)4/h2*2H,1H3,(H4,6,7,11)(H3,8,12,13);(H2,1,2,3,4). The van der Waals surface area contributed by atoms with Crippen LogP contribution >= 0.6 is 24.4 Å². The topological polar surface area (TPSA) is 329 Å². The van der Waals surface area contributed by atoms with E-state index in [-0.39, 0.29) is 22.1 Å². The maximum atomic E-state index is 8.74. The second-order valence-electron chi connectivity index (χ2n) is 4.45. The van der Waals surface area contributed by atoms with Crippen molar-refractivity contribution in [2.24, 2.45) is 65.0 Å². The highest BCUT2D eigenvalue weighted by molar-refractivity contribution is 7.80. The number of hydrogen-bond donors (Lipinski definition) is 10. The molecule has 31 heavy (non-hydrogen) atoms. The highest BCUT2D eigenvalue weighted by Crippen LogP contribution is 1.74. The van der Waals surface area contributed by atoms with Crippen LogP contribution in [0.25, 0.3) is 0 Å². The minimum absolute atomic E-state index is 0.0783. The van der Waals surface area contributed by atoms with E-state index in [1.807, 2.05) is 0 Å². The molecule has 21 heteroatoms. The van der Waals surface area contributed by atoms with Crippen molar-refractivity contribution in [1.82, 2.24) is 10.9 Å². The van der Waals surface area contributed by atoms with Crippen LogP contribution in [0.5, 0.6) is 0 Å². The Balaban J connectivity index is -0.000000416. The van der Waals surface area contributed by atoms with Gasteiger partial charge in [-0.15, -0.1) is 10.2 Å². The molecular formula is C10H24N14O4S3. The maximum Gasteiger partial charge on any atom is 0.394 e. The van der Waals surface area contributed by atoms with Crippen LogP contribution in [0.4, 0.5) is 0 Å². The third kappa shape index (κ3) is 46.5. The molecule has 176 valence electrons. The average Bonchev–Trinajstić information content (AvgIpc) is 2.56. The number of rotatable bonds is 6. The zero-order valence-corrected chi connectivity index (χ0v) is 18.7. The number of thiocarbonyl (C=S) groups is 2. The van der Waals surface area contributed by atoms with Gasteiger partial charge in [0.25, 0.3) is 0 Å². The van der Waals surface area contributed by atoms with Gasteiger partial charge in [0.15, 0.2) is 10.2 Å². The van der Waals surface area contributed by atoms with Crippen molar-refractivity contribution in [1.29, 1.82) is 0 Å². The molecule has 0 heterocycles. The molecule has 0 rings (SSSR count). The Morgan fingerprint density at radius 1 is 0.774 bits per heavy atom. The van der Waals surface area contributed by atoms with E-state index >= 15 is 0 Å². The molecule has 0 spiro atoms. The highest BCUT2D eigenvalue weighted by atomic mass is 32.3. The van der Waals surface area contributed by atoms with Gasteiger partial charge in [-0.2, -0.15) is 28.8 Å². The maximum absolute atomic E-state index is 8.74. The molecular weight excluding hydrogens is 476 g/mol. The quantitative estimate of drug-likeness (QED) is 0.0550. The fourth-order valence-electron chi connectivity index (χ4n) is 0.702. The lowest BCUT2D eigenvalue weighted by Crippen LogP contribution is -2.25. The molecule has 0 fully saturated rings. The van der Waals surface area contributed by atoms with E-state index in [9.17, 15) is 0 Å². The van der Waals surface area contributed by atoms with Gasteiger partial charge in [0.05, 0.1) is 23.9 Å². The summed E-state index contributed by atoms with van der Waals surface area (Å²) in [6.45, 7) is 3.36. The molecule has 0 aliphatic heterocycles. The van der Waals surface area contributed by atoms with Crippen LogP contribution < -0.4 is 45.3 Å². The van der Waals surface area contributed by atoms with Gasteiger partial charge in [-0.1, -0.05) is 0 Å². The Hall–Kier alpha value is -3.53. The van der Waals surface area contributed by atoms with Crippen molar-refractivity contribution < 1.29 is 17.5 Å². The fourth-order valence-corrected chi connectivity index (χ4v) is 0.794. The van der Waals surface area contributed by atoms with Gasteiger partial charge < -0.3 is 34.4 Å². The molecule has 0 unspecified atom stereocenters. The number of hydrazone groups is 2. The van der Waals surface area contributed by atoms with E-state index in [2.05, 4.69) is 65.9 Å². The lowest BCUT2D eigenvalue weighted by molar-refractivity contribution is 0.381. The SMILES string of the molecule is CC(C=NN=C(N)N)=NNC(N)=S.CC(C=NN=C(N)N)=NNC(N)=S.O=S(=O)(O)O. The normalized spacial score (nSPS) is 11.4. The first-order valence-electron chi connectivity index (χ1n) is 7.17. The van der Waals surface area contributed by atoms with Gasteiger partial charge >= 0.3 is 10.4 Å². The molecule has 0 aromatic carbocycles. The van der Waals surface area contributed by atoms with Crippen LogP contribution in [0.3, 0.4) is 0 Å². The summed E-state index contributed by atoms with van der Waals surface area (Å²) < 4.78 is 31.6. The summed E-state index contributed by atoms with van der Waals surface area (Å²) in [5.41, 5.74) is 36.1. The molecule has 16 N–H and O–H groups in total. The lowest BCUT2D eigenvalue weighted by atomic mass is 10.5. The molecule has 0 atom stereocenters. The van der Waals surface area contributed by atoms with E-state index in [0.717, 1.165) is 0 Å². The molecule has 0 saturated carbocycles. The van der Waals surface area contributed by atoms with Crippen molar-refractivity contribution in [2.75, 3.05) is 0 Å². The third-order valence-corrected chi connectivity index (χ3v) is 1.70. The predicted molar refractivity (Wildman–Crippen MR) is 129 cm³/mol. The minimum Gasteiger partial charge on any atom is -0.375 e. The van der Waals surface area contributed by atoms with Gasteiger partial charge in [-0.3, -0.25) is 20.0 Å². The molecule has 0 aromatic rings. The fraction of sp³-hybridized carbons (Fsp3) is 0.200. The Morgan fingerprint density at radius 2 is 1.03 bits per heavy atom. The molecule has 0 aliphatic rings. The summed E-state index contributed by atoms with van der Waals surface area (Å²) in [5.74, 6) is -0.238. The van der Waals surface area contributed by atoms with Crippen LogP contribution in [0.15, 0.2) is 30.6 Å². The average molecular weight is 501 g/mol. The number of guanidine groups is 2. The van der Waals surface area contributed by atoms with Crippen molar-refractivity contribution in [3.63, 3.8) is 0 Å². The second kappa shape index (κ2) is 18.5. The molecule has 0 bridgehead atoms. The lowest BCUT2D eigenvalue weighted by Gasteiger charge is -1.94. The Labute approximate surface area is 188 Å². The zero-order chi connectivity index (χ0) is 25.0. The van der Waals surface area contributed by atoms with Crippen LogP contribution in [0.2, 0.25) is 0 Å². The Morgan fingerprint density at radius 3 is 1.23 bits per heavy atom. The summed E-state index contributed by atoms with van der Waals surface area (Å²) in [5, 5.41) is 21.3. The number of nitrogens with one attached hydrogen (secondary N) is 2. The van der Waals surface area contributed by atoms with Crippen molar-refractivity contribution in [2.45, 2.75) is 13.8 Å². The van der Waals surface area contributed by atoms with Crippen molar-refractivity contribution >= 4 is 80.8 Å². The number of nitrogens with two attached hydrogens (primary N) is 6. The molecule has 0 aliphatic carbocycles. The van der Waals surface area contributed by atoms with Gasteiger partial charge in [0.1, 0.15) is 0 Å². The van der Waals surface area contributed by atoms with Gasteiger partial charge in [-0.25, -0.2) is 0 Å². The van der Waals surface area contributed by atoms with E-state index in [4.69, 9.17) is 51.9 Å². The van der Waals surface area contributed by atoms with Crippen molar-refractivity contribution in [3.05, 3.63) is 0 Å². The molecule has 0 amide bonds. The summed E-state index contributed by atoms with van der Waals surface area (Å²) in [6, 6.07) is 0. The zero-order valence-electron chi connectivity index (χ0n) is 16.2. The van der Waals surface area contributed by atoms with Crippen LogP contribution in [0, 0.1) is 0 Å². The number of nitrogens with zero attached hydrogens (tertiary/aromatic N) is 6. The van der Waals surface area contributed by atoms with Crippen LogP contribution in [-0.2, 0) is 10.4 Å². The second-order valence-corrected chi connectivity index (χ2v) is 6.22. The first-order valence-corrected chi connectivity index (χ1v) is 9.39. The number of hydrogen-bond acceptors (Lipinski definition) is 10. The molecule has 18 nitrogen and oxygen atoms in total. The van der Waals surface area contributed by atoms with E-state index in [1.165, 1.54) is 12.4 Å². The van der Waals surface area contributed by atoms with Gasteiger partial charge in [0, 0.05) is 0 Å². The summed E-state index contributed by atoms with van der Waals surface area (Å²) in [4.78, 5) is 0. The Bertz CT molecular complexity index is 790. The van der Waals surface area contributed by atoms with Crippen LogP contribution in [-0.4, -0.2) is 63.5 Å². The van der Waals surface area contributed by atoms with E-state index < -0.39 is 10.4 Å². The molecule has 0 aromatic heterocycles. The third-order valence-electron chi connectivity index (χ3n) is 1.52. The first kappa shape index (κ1) is 32.1. The van der Waals surface area contributed by atoms with Gasteiger partial charge in [-0.05, 0) is 38.3 Å². The summed E-state index contributed by atoms with van der Waals surface area (Å²) >= 11 is 9.03. The Kier molecular flexibility index (Phi) is 19.2. The summed E-state index contributed by atoms with van der Waals surface area (Å²) in [7, 11) is -4.67. The van der Waals surface area contributed by atoms with Crippen LogP contribution in [0.1, 0.15) is 13.8 Å². The monoisotopic (exact) mass is 500 g/mol. The smallest absolute Gasteiger partial charge is 0.375 e. The predicted octanol–water partition coefficient (Wildman–Crippen LogP) is -3.74. The molecule has 0 saturated heterocycles. The van der Waals surface area contributed by atoms with Gasteiger partial charge in [0.2, 0.25) is 11.9 Å². The largest absolute Gasteiger partial charge is 0.394 e. The minimum atomic E-state index is -4.67. The van der Waals surface area contributed by atoms with E-state index in [1.54, 1.807) is 13.8 Å². The summed E-state index contributed by atoms with van der Waals surface area (Å²) in [6.07, 6.45) is 2.70. The van der Waals surface area contributed by atoms with Crippen molar-refractivity contribution in [3.8, 4) is 0 Å². The highest BCUT2D eigenvalue weighted by Gasteiger charge is 1.86. The molecule has 0 radical (unpaired) electrons. The first-order chi connectivity index (χ1) is 14.0. The van der Waals surface area contributed by atoms with E-state index in [0.29, 0.717) is 11.4 Å².